The first-order chi connectivity index (χ1) is 14.3. The molecule has 8 nitrogen and oxygen atoms in total. The van der Waals surface area contributed by atoms with Crippen LogP contribution in [0.15, 0.2) is 29.3 Å². The summed E-state index contributed by atoms with van der Waals surface area (Å²) in [6.07, 6.45) is -5.90. The number of guanidine groups is 1. The molecule has 3 N–H and O–H groups in total. The van der Waals surface area contributed by atoms with Gasteiger partial charge < -0.3 is 30.1 Å². The lowest BCUT2D eigenvalue weighted by molar-refractivity contribution is -0.137. The van der Waals surface area contributed by atoms with Crippen molar-refractivity contribution in [3.05, 3.63) is 29.8 Å². The maximum Gasteiger partial charge on any atom is 0.416 e. The lowest BCUT2D eigenvalue weighted by atomic mass is 10.2. The van der Waals surface area contributed by atoms with Crippen LogP contribution in [0.2, 0.25) is 0 Å². The summed E-state index contributed by atoms with van der Waals surface area (Å²) in [7, 11) is 0. The van der Waals surface area contributed by atoms with Gasteiger partial charge in [0.1, 0.15) is 24.1 Å². The van der Waals surface area contributed by atoms with E-state index < -0.39 is 23.4 Å². The van der Waals surface area contributed by atoms with Crippen molar-refractivity contribution in [2.75, 3.05) is 39.3 Å². The highest BCUT2D eigenvalue weighted by Crippen LogP contribution is 2.31. The van der Waals surface area contributed by atoms with Crippen LogP contribution >= 0.6 is 24.0 Å². The largest absolute Gasteiger partial charge is 0.491 e. The second kappa shape index (κ2) is 11.8. The second-order valence-corrected chi connectivity index (χ2v) is 8.14. The Balaban J connectivity index is 0.00000512. The Morgan fingerprint density at radius 2 is 1.78 bits per heavy atom. The third kappa shape index (κ3) is 9.27. The molecule has 0 spiro atoms. The summed E-state index contributed by atoms with van der Waals surface area (Å²) in [5, 5.41) is 10.0. The number of carbonyl (C=O) groups excluding carboxylic acids is 1. The zero-order chi connectivity index (χ0) is 23.2. The lowest BCUT2D eigenvalue weighted by Gasteiger charge is -2.36. The highest BCUT2D eigenvalue weighted by Gasteiger charge is 2.30. The lowest BCUT2D eigenvalue weighted by Crippen LogP contribution is -2.53. The Labute approximate surface area is 202 Å². The number of nitrogens with zero attached hydrogens (tertiary/aromatic N) is 3. The summed E-state index contributed by atoms with van der Waals surface area (Å²) in [6.45, 7) is 6.87. The minimum atomic E-state index is -4.47. The van der Waals surface area contributed by atoms with Crippen LogP contribution in [-0.4, -0.2) is 78.0 Å². The summed E-state index contributed by atoms with van der Waals surface area (Å²) in [6, 6.07) is 4.42. The molecule has 1 saturated heterocycles. The Morgan fingerprint density at radius 3 is 2.34 bits per heavy atom. The zero-order valence-electron chi connectivity index (χ0n) is 18.3. The molecule has 0 saturated carbocycles. The van der Waals surface area contributed by atoms with Gasteiger partial charge in [-0.15, -0.1) is 24.0 Å². The van der Waals surface area contributed by atoms with E-state index in [9.17, 15) is 23.1 Å². The van der Waals surface area contributed by atoms with Gasteiger partial charge in [0.25, 0.3) is 0 Å². The number of hydrogen-bond donors (Lipinski definition) is 2. The van der Waals surface area contributed by atoms with Crippen molar-refractivity contribution >= 4 is 36.0 Å². The molecule has 1 heterocycles. The minimum absolute atomic E-state index is 0. The third-order valence-corrected chi connectivity index (χ3v) is 4.32. The number of halogens is 4. The van der Waals surface area contributed by atoms with Gasteiger partial charge in [-0.1, -0.05) is 6.07 Å². The van der Waals surface area contributed by atoms with Crippen LogP contribution in [0, 0.1) is 0 Å². The second-order valence-electron chi connectivity index (χ2n) is 8.14. The Hall–Kier alpha value is -1.96. The fourth-order valence-electron chi connectivity index (χ4n) is 2.75. The van der Waals surface area contributed by atoms with Gasteiger partial charge in [-0.2, -0.15) is 13.2 Å². The number of ether oxygens (including phenoxy) is 2. The molecule has 0 bridgehead atoms. The van der Waals surface area contributed by atoms with Crippen LogP contribution in [-0.2, 0) is 10.9 Å². The van der Waals surface area contributed by atoms with E-state index in [1.54, 1.807) is 30.6 Å². The standard InChI is InChI=1S/C20H29F3N4O4.HI/c1-19(2,3)31-18(29)27-9-7-26(8-10-27)17(24)25-12-15(28)13-30-16-6-4-5-14(11-16)20(21,22)23;/h4-6,11,15,28H,7-10,12-13H2,1-3H3,(H2,24,25);1H. The summed E-state index contributed by atoms with van der Waals surface area (Å²) < 4.78 is 48.7. The molecule has 0 radical (unpaired) electrons. The van der Waals surface area contributed by atoms with Gasteiger partial charge in [0.2, 0.25) is 0 Å². The van der Waals surface area contributed by atoms with Crippen LogP contribution in [0.5, 0.6) is 5.75 Å². The molecule has 1 fully saturated rings. The molecule has 1 unspecified atom stereocenters. The topological polar surface area (TPSA) is 101 Å². The molecular weight excluding hydrogens is 544 g/mol. The number of rotatable bonds is 5. The fraction of sp³-hybridized carbons (Fsp3) is 0.600. The number of alkyl halides is 3. The van der Waals surface area contributed by atoms with Crippen molar-refractivity contribution in [3.63, 3.8) is 0 Å². The number of amides is 1. The van der Waals surface area contributed by atoms with Crippen LogP contribution in [0.3, 0.4) is 0 Å². The summed E-state index contributed by atoms with van der Waals surface area (Å²) >= 11 is 0. The van der Waals surface area contributed by atoms with E-state index in [1.807, 2.05) is 0 Å². The summed E-state index contributed by atoms with van der Waals surface area (Å²) in [5.41, 5.74) is 4.56. The van der Waals surface area contributed by atoms with Crippen LogP contribution < -0.4 is 10.5 Å². The smallest absolute Gasteiger partial charge is 0.416 e. The first-order valence-corrected chi connectivity index (χ1v) is 9.86. The van der Waals surface area contributed by atoms with Gasteiger partial charge in [-0.25, -0.2) is 4.79 Å². The molecule has 2 rings (SSSR count). The van der Waals surface area contributed by atoms with Crippen molar-refractivity contribution in [2.24, 2.45) is 10.7 Å². The number of benzene rings is 1. The maximum absolute atomic E-state index is 12.7. The van der Waals surface area contributed by atoms with Gasteiger partial charge in [0.15, 0.2) is 5.96 Å². The van der Waals surface area contributed by atoms with E-state index in [1.165, 1.54) is 12.1 Å². The van der Waals surface area contributed by atoms with Gasteiger partial charge in [-0.3, -0.25) is 4.99 Å². The van der Waals surface area contributed by atoms with Crippen LogP contribution in [0.25, 0.3) is 0 Å². The molecular formula is C20H30F3IN4O4. The molecule has 1 atom stereocenters. The van der Waals surface area contributed by atoms with Gasteiger partial charge >= 0.3 is 12.3 Å². The van der Waals surface area contributed by atoms with E-state index in [0.717, 1.165) is 12.1 Å². The van der Waals surface area contributed by atoms with E-state index in [-0.39, 0.29) is 54.9 Å². The molecule has 0 aromatic heterocycles. The number of piperazine rings is 1. The van der Waals surface area contributed by atoms with E-state index >= 15 is 0 Å². The van der Waals surface area contributed by atoms with Crippen LogP contribution in [0.1, 0.15) is 26.3 Å². The van der Waals surface area contributed by atoms with Crippen molar-refractivity contribution in [1.29, 1.82) is 0 Å². The molecule has 1 aliphatic heterocycles. The first-order valence-electron chi connectivity index (χ1n) is 9.86. The number of hydrogen-bond acceptors (Lipinski definition) is 5. The molecule has 32 heavy (non-hydrogen) atoms. The van der Waals surface area contributed by atoms with Gasteiger partial charge in [-0.05, 0) is 39.0 Å². The SMILES string of the molecule is CC(C)(C)OC(=O)N1CCN(C(N)=NCC(O)COc2cccc(C(F)(F)F)c2)CC1.I. The van der Waals surface area contributed by atoms with Crippen molar-refractivity contribution in [1.82, 2.24) is 9.80 Å². The Bertz CT molecular complexity index is 779. The number of nitrogens with two attached hydrogens (primary N) is 1. The molecule has 1 amide bonds. The van der Waals surface area contributed by atoms with Crippen molar-refractivity contribution < 1.29 is 32.5 Å². The average Bonchev–Trinajstić information content (AvgIpc) is 2.69. The fourth-order valence-corrected chi connectivity index (χ4v) is 2.75. The minimum Gasteiger partial charge on any atom is -0.491 e. The summed E-state index contributed by atoms with van der Waals surface area (Å²) in [4.78, 5) is 19.6. The zero-order valence-corrected chi connectivity index (χ0v) is 20.6. The average molecular weight is 574 g/mol. The van der Waals surface area contributed by atoms with Crippen LogP contribution in [0.4, 0.5) is 18.0 Å². The van der Waals surface area contributed by atoms with Crippen molar-refractivity contribution in [2.45, 2.75) is 38.7 Å². The Kier molecular flexibility index (Phi) is 10.3. The Morgan fingerprint density at radius 1 is 1.19 bits per heavy atom. The molecule has 1 aromatic rings. The van der Waals surface area contributed by atoms with Gasteiger partial charge in [0, 0.05) is 26.2 Å². The van der Waals surface area contributed by atoms with Gasteiger partial charge in [0.05, 0.1) is 12.1 Å². The monoisotopic (exact) mass is 574 g/mol. The number of carbonyl (C=O) groups is 1. The quantitative estimate of drug-likeness (QED) is 0.319. The molecule has 12 heteroatoms. The summed E-state index contributed by atoms with van der Waals surface area (Å²) in [5.74, 6) is 0.214. The highest BCUT2D eigenvalue weighted by molar-refractivity contribution is 14.0. The molecule has 1 aliphatic rings. The predicted octanol–water partition coefficient (Wildman–Crippen LogP) is 2.93. The third-order valence-electron chi connectivity index (χ3n) is 4.32. The first kappa shape index (κ1) is 28.1. The highest BCUT2D eigenvalue weighted by atomic mass is 127. The van der Waals surface area contributed by atoms with E-state index in [4.69, 9.17) is 15.2 Å². The number of aliphatic hydroxyl groups is 1. The number of aliphatic hydroxyl groups excluding tert-OH is 1. The normalized spacial score (nSPS) is 16.3. The predicted molar refractivity (Wildman–Crippen MR) is 124 cm³/mol. The van der Waals surface area contributed by atoms with E-state index in [2.05, 4.69) is 4.99 Å². The molecule has 182 valence electrons. The molecule has 0 aliphatic carbocycles. The maximum atomic E-state index is 12.7. The van der Waals surface area contributed by atoms with E-state index in [0.29, 0.717) is 26.2 Å². The molecule has 1 aromatic carbocycles. The van der Waals surface area contributed by atoms with Crippen molar-refractivity contribution in [3.8, 4) is 5.75 Å². The number of aliphatic imine (C=N–C) groups is 1.